The van der Waals surface area contributed by atoms with Crippen molar-refractivity contribution in [3.05, 3.63) is 21.1 Å². The third-order valence-corrected chi connectivity index (χ3v) is 5.03. The van der Waals surface area contributed by atoms with Gasteiger partial charge in [0.1, 0.15) is 0 Å². The summed E-state index contributed by atoms with van der Waals surface area (Å²) in [5.74, 6) is -0.394. The van der Waals surface area contributed by atoms with Crippen molar-refractivity contribution in [1.82, 2.24) is 0 Å². The Labute approximate surface area is 120 Å². The first kappa shape index (κ1) is 14.7. The molecular weight excluding hydrogens is 282 g/mol. The molecule has 1 unspecified atom stereocenters. The largest absolute Gasteiger partial charge is 0.388 e. The summed E-state index contributed by atoms with van der Waals surface area (Å²) in [6.45, 7) is 4.24. The summed E-state index contributed by atoms with van der Waals surface area (Å²) in [4.78, 5) is 24.5. The molecule has 1 aromatic heterocycles. The van der Waals surface area contributed by atoms with Crippen LogP contribution >= 0.6 is 11.3 Å². The van der Waals surface area contributed by atoms with Gasteiger partial charge in [-0.05, 0) is 20.3 Å². The highest BCUT2D eigenvalue weighted by molar-refractivity contribution is 7.16. The molecule has 8 heteroatoms. The molecule has 0 bridgehead atoms. The highest BCUT2D eigenvalue weighted by Gasteiger charge is 2.41. The number of nitrogens with zero attached hydrogens (tertiary/aromatic N) is 2. The lowest BCUT2D eigenvalue weighted by Gasteiger charge is -2.20. The summed E-state index contributed by atoms with van der Waals surface area (Å²) in [5, 5.41) is 21.2. The van der Waals surface area contributed by atoms with E-state index < -0.39 is 22.3 Å². The molecule has 2 rings (SSSR count). The van der Waals surface area contributed by atoms with Crippen molar-refractivity contribution in [3.8, 4) is 0 Å². The van der Waals surface area contributed by atoms with Crippen LogP contribution in [-0.4, -0.2) is 29.0 Å². The Hall–Kier alpha value is -1.67. The van der Waals surface area contributed by atoms with Crippen molar-refractivity contribution in [2.24, 2.45) is 11.1 Å². The van der Waals surface area contributed by atoms with Crippen molar-refractivity contribution in [1.29, 1.82) is 0 Å². The summed E-state index contributed by atoms with van der Waals surface area (Å²) >= 11 is 1.19. The molecule has 0 saturated carbocycles. The third-order valence-electron chi connectivity index (χ3n) is 3.68. The molecule has 0 spiro atoms. The number of amides is 1. The summed E-state index contributed by atoms with van der Waals surface area (Å²) in [6, 6.07) is 1.39. The maximum absolute atomic E-state index is 11.5. The van der Waals surface area contributed by atoms with Gasteiger partial charge in [0.15, 0.2) is 5.00 Å². The van der Waals surface area contributed by atoms with Crippen LogP contribution in [0.2, 0.25) is 0 Å². The molecule has 2 heterocycles. The molecule has 1 amide bonds. The first-order valence-corrected chi connectivity index (χ1v) is 7.07. The Bertz CT molecular complexity index is 557. The lowest BCUT2D eigenvalue weighted by atomic mass is 9.89. The van der Waals surface area contributed by atoms with Gasteiger partial charge in [0.05, 0.1) is 16.4 Å². The Balaban J connectivity index is 2.34. The van der Waals surface area contributed by atoms with Gasteiger partial charge in [0, 0.05) is 24.0 Å². The molecule has 1 aliphatic heterocycles. The number of primary amides is 1. The molecule has 1 saturated heterocycles. The number of hydrogen-bond acceptors (Lipinski definition) is 6. The number of carbonyl (C=O) groups excluding carboxylic acids is 1. The van der Waals surface area contributed by atoms with Crippen LogP contribution in [0.5, 0.6) is 0 Å². The SMILES string of the molecule is C[C@@H](O)c1cc([N+](=O)[O-])c(N2CCC(C)(C(N)=O)C2)s1. The number of thiophene rings is 1. The van der Waals surface area contributed by atoms with Gasteiger partial charge in [0.25, 0.3) is 0 Å². The maximum atomic E-state index is 11.5. The minimum absolute atomic E-state index is 0.0281. The van der Waals surface area contributed by atoms with E-state index in [-0.39, 0.29) is 5.69 Å². The number of nitrogens with two attached hydrogens (primary N) is 1. The van der Waals surface area contributed by atoms with Gasteiger partial charge < -0.3 is 15.7 Å². The zero-order valence-corrected chi connectivity index (χ0v) is 12.1. The van der Waals surface area contributed by atoms with Crippen molar-refractivity contribution in [3.63, 3.8) is 0 Å². The lowest BCUT2D eigenvalue weighted by molar-refractivity contribution is -0.383. The number of aliphatic hydroxyl groups excluding tert-OH is 1. The van der Waals surface area contributed by atoms with Crippen molar-refractivity contribution < 1.29 is 14.8 Å². The predicted molar refractivity (Wildman–Crippen MR) is 75.7 cm³/mol. The molecule has 3 N–H and O–H groups in total. The number of rotatable bonds is 4. The fourth-order valence-corrected chi connectivity index (χ4v) is 3.38. The van der Waals surface area contributed by atoms with Crippen molar-refractivity contribution in [2.75, 3.05) is 18.0 Å². The second-order valence-electron chi connectivity index (χ2n) is 5.37. The third kappa shape index (κ3) is 2.48. The molecule has 7 nitrogen and oxygen atoms in total. The van der Waals surface area contributed by atoms with E-state index in [2.05, 4.69) is 0 Å². The molecule has 0 radical (unpaired) electrons. The fraction of sp³-hybridized carbons (Fsp3) is 0.583. The number of hydrogen-bond donors (Lipinski definition) is 2. The quantitative estimate of drug-likeness (QED) is 0.645. The highest BCUT2D eigenvalue weighted by Crippen LogP contribution is 2.44. The average Bonchev–Trinajstić information content (AvgIpc) is 2.93. The van der Waals surface area contributed by atoms with E-state index in [4.69, 9.17) is 5.73 Å². The Morgan fingerprint density at radius 3 is 2.80 bits per heavy atom. The Morgan fingerprint density at radius 1 is 1.70 bits per heavy atom. The molecule has 2 atom stereocenters. The minimum atomic E-state index is -0.752. The predicted octanol–water partition coefficient (Wildman–Crippen LogP) is 1.41. The second-order valence-corrected chi connectivity index (χ2v) is 6.43. The Kier molecular flexibility index (Phi) is 3.70. The molecule has 110 valence electrons. The smallest absolute Gasteiger partial charge is 0.304 e. The molecule has 1 aromatic rings. The van der Waals surface area contributed by atoms with Gasteiger partial charge in [-0.25, -0.2) is 0 Å². The summed E-state index contributed by atoms with van der Waals surface area (Å²) < 4.78 is 0. The normalized spacial score (nSPS) is 23.9. The topological polar surface area (TPSA) is 110 Å². The molecule has 1 fully saturated rings. The van der Waals surface area contributed by atoms with Crippen LogP contribution in [0.1, 0.15) is 31.2 Å². The zero-order chi connectivity index (χ0) is 15.1. The number of carbonyl (C=O) groups is 1. The summed E-state index contributed by atoms with van der Waals surface area (Å²) in [7, 11) is 0. The molecule has 0 aliphatic carbocycles. The number of nitro groups is 1. The van der Waals surface area contributed by atoms with Gasteiger partial charge in [-0.1, -0.05) is 0 Å². The summed E-state index contributed by atoms with van der Waals surface area (Å²) in [5.41, 5.74) is 4.70. The van der Waals surface area contributed by atoms with Crippen LogP contribution in [0.15, 0.2) is 6.07 Å². The maximum Gasteiger partial charge on any atom is 0.304 e. The first-order valence-electron chi connectivity index (χ1n) is 6.25. The van der Waals surface area contributed by atoms with Crippen molar-refractivity contribution >= 4 is 27.9 Å². The highest BCUT2D eigenvalue weighted by atomic mass is 32.1. The van der Waals surface area contributed by atoms with Crippen molar-refractivity contribution in [2.45, 2.75) is 26.4 Å². The Morgan fingerprint density at radius 2 is 2.35 bits per heavy atom. The number of aliphatic hydroxyl groups is 1. The van der Waals surface area contributed by atoms with Gasteiger partial charge in [0.2, 0.25) is 5.91 Å². The van der Waals surface area contributed by atoms with Gasteiger partial charge in [-0.3, -0.25) is 14.9 Å². The van der Waals surface area contributed by atoms with E-state index >= 15 is 0 Å². The van der Waals surface area contributed by atoms with E-state index in [0.717, 1.165) is 0 Å². The fourth-order valence-electron chi connectivity index (χ4n) is 2.29. The second kappa shape index (κ2) is 5.02. The van der Waals surface area contributed by atoms with Gasteiger partial charge in [-0.2, -0.15) is 0 Å². The number of anilines is 1. The van der Waals surface area contributed by atoms with E-state index in [1.807, 2.05) is 0 Å². The summed E-state index contributed by atoms with van der Waals surface area (Å²) in [6.07, 6.45) is -0.181. The molecule has 1 aliphatic rings. The van der Waals surface area contributed by atoms with Crippen LogP contribution < -0.4 is 10.6 Å². The average molecular weight is 299 g/mol. The van der Waals surface area contributed by atoms with E-state index in [0.29, 0.717) is 29.4 Å². The van der Waals surface area contributed by atoms with Crippen LogP contribution in [-0.2, 0) is 4.79 Å². The minimum Gasteiger partial charge on any atom is -0.388 e. The monoisotopic (exact) mass is 299 g/mol. The lowest BCUT2D eigenvalue weighted by Crippen LogP contribution is -2.37. The van der Waals surface area contributed by atoms with E-state index in [1.54, 1.807) is 18.7 Å². The van der Waals surface area contributed by atoms with E-state index in [1.165, 1.54) is 17.4 Å². The van der Waals surface area contributed by atoms with E-state index in [9.17, 15) is 20.0 Å². The molecular formula is C12H17N3O4S. The van der Waals surface area contributed by atoms with Crippen LogP contribution in [0.4, 0.5) is 10.7 Å². The zero-order valence-electron chi connectivity index (χ0n) is 11.3. The standard InChI is InChI=1S/C12H17N3O4S/c1-7(16)9-5-8(15(18)19)10(20-9)14-4-3-12(2,6-14)11(13)17/h5,7,16H,3-4,6H2,1-2H3,(H2,13,17)/t7-,12?/m1/s1. The van der Waals surface area contributed by atoms with Gasteiger partial charge in [-0.15, -0.1) is 11.3 Å². The van der Waals surface area contributed by atoms with Crippen LogP contribution in [0, 0.1) is 15.5 Å². The van der Waals surface area contributed by atoms with Gasteiger partial charge >= 0.3 is 5.69 Å². The van der Waals surface area contributed by atoms with Crippen LogP contribution in [0.3, 0.4) is 0 Å². The molecule has 0 aromatic carbocycles. The van der Waals surface area contributed by atoms with Crippen LogP contribution in [0.25, 0.3) is 0 Å². The first-order chi connectivity index (χ1) is 9.24. The molecule has 20 heavy (non-hydrogen) atoms.